The Morgan fingerprint density at radius 2 is 2.13 bits per heavy atom. The highest BCUT2D eigenvalue weighted by molar-refractivity contribution is 6.20. The fraction of sp³-hybridized carbons (Fsp3) is 0.417. The number of halogens is 1. The second kappa shape index (κ2) is 3.86. The molecule has 80 valence electrons. The molecule has 0 aliphatic carbocycles. The molecule has 0 saturated heterocycles. The van der Waals surface area contributed by atoms with Gasteiger partial charge in [-0.2, -0.15) is 0 Å². The molecule has 1 aliphatic rings. The van der Waals surface area contributed by atoms with Gasteiger partial charge in [-0.05, 0) is 30.5 Å². The molecule has 1 unspecified atom stereocenters. The lowest BCUT2D eigenvalue weighted by atomic mass is 9.98. The van der Waals surface area contributed by atoms with Crippen molar-refractivity contribution in [3.8, 4) is 0 Å². The van der Waals surface area contributed by atoms with Crippen LogP contribution in [0, 0.1) is 0 Å². The third kappa shape index (κ3) is 1.86. The molecular formula is C12H14ClNO. The van der Waals surface area contributed by atoms with Gasteiger partial charge in [-0.3, -0.25) is 4.79 Å². The molecule has 0 bridgehead atoms. The molecule has 2 rings (SSSR count). The fourth-order valence-electron chi connectivity index (χ4n) is 1.92. The van der Waals surface area contributed by atoms with Gasteiger partial charge in [0.25, 0.3) is 0 Å². The van der Waals surface area contributed by atoms with Crippen LogP contribution in [0.15, 0.2) is 18.2 Å². The van der Waals surface area contributed by atoms with Crippen molar-refractivity contribution in [1.29, 1.82) is 0 Å². The molecule has 0 aromatic heterocycles. The number of nitrogens with zero attached hydrogens (tertiary/aromatic N) is 1. The average Bonchev–Trinajstić information content (AvgIpc) is 2.23. The Bertz CT molecular complexity index is 401. The number of aryl methyl sites for hydroxylation is 1. The van der Waals surface area contributed by atoms with E-state index < -0.39 is 0 Å². The maximum Gasteiger partial charge on any atom is 0.227 e. The molecule has 2 nitrogen and oxygen atoms in total. The Balaban J connectivity index is 2.42. The minimum atomic E-state index is 0.0261. The molecule has 1 aromatic rings. The summed E-state index contributed by atoms with van der Waals surface area (Å²) < 4.78 is 0. The van der Waals surface area contributed by atoms with Crippen molar-refractivity contribution >= 4 is 23.2 Å². The maximum atomic E-state index is 11.5. The number of hydrogen-bond acceptors (Lipinski definition) is 1. The fourth-order valence-corrected chi connectivity index (χ4v) is 2.06. The molecule has 1 atom stereocenters. The van der Waals surface area contributed by atoms with Crippen molar-refractivity contribution in [2.45, 2.75) is 25.1 Å². The summed E-state index contributed by atoms with van der Waals surface area (Å²) in [5.41, 5.74) is 3.37. The first kappa shape index (κ1) is 10.5. The lowest BCUT2D eigenvalue weighted by Crippen LogP contribution is -2.31. The molecule has 0 saturated carbocycles. The number of rotatable bonds is 1. The van der Waals surface area contributed by atoms with Crippen LogP contribution in [0.4, 0.5) is 5.69 Å². The zero-order valence-corrected chi connectivity index (χ0v) is 9.71. The Morgan fingerprint density at radius 1 is 1.40 bits per heavy atom. The van der Waals surface area contributed by atoms with Gasteiger partial charge in [-0.1, -0.05) is 12.1 Å². The number of carbonyl (C=O) groups excluding carboxylic acids is 1. The summed E-state index contributed by atoms with van der Waals surface area (Å²) in [6, 6.07) is 6.09. The van der Waals surface area contributed by atoms with E-state index in [1.807, 2.05) is 26.1 Å². The van der Waals surface area contributed by atoms with Crippen molar-refractivity contribution in [2.75, 3.05) is 11.9 Å². The predicted molar refractivity (Wildman–Crippen MR) is 62.4 cm³/mol. The van der Waals surface area contributed by atoms with Gasteiger partial charge in [0.05, 0.1) is 5.38 Å². The van der Waals surface area contributed by atoms with Crippen LogP contribution in [0.1, 0.15) is 29.8 Å². The average molecular weight is 224 g/mol. The molecule has 0 spiro atoms. The number of carbonyl (C=O) groups is 1. The predicted octanol–water partition coefficient (Wildman–Crippen LogP) is 2.90. The van der Waals surface area contributed by atoms with Gasteiger partial charge in [0.1, 0.15) is 0 Å². The van der Waals surface area contributed by atoms with Crippen LogP contribution in [0.25, 0.3) is 0 Å². The quantitative estimate of drug-likeness (QED) is 0.671. The van der Waals surface area contributed by atoms with Gasteiger partial charge in [0, 0.05) is 19.2 Å². The highest BCUT2D eigenvalue weighted by Crippen LogP contribution is 2.30. The smallest absolute Gasteiger partial charge is 0.227 e. The van der Waals surface area contributed by atoms with E-state index in [2.05, 4.69) is 6.07 Å². The Morgan fingerprint density at radius 3 is 2.80 bits per heavy atom. The molecule has 3 heteroatoms. The van der Waals surface area contributed by atoms with Gasteiger partial charge < -0.3 is 4.90 Å². The van der Waals surface area contributed by atoms with Crippen LogP contribution >= 0.6 is 11.6 Å². The number of anilines is 1. The Labute approximate surface area is 94.8 Å². The summed E-state index contributed by atoms with van der Waals surface area (Å²) in [5, 5.41) is 0.0261. The van der Waals surface area contributed by atoms with Crippen LogP contribution in [-0.4, -0.2) is 13.0 Å². The largest absolute Gasteiger partial charge is 0.315 e. The summed E-state index contributed by atoms with van der Waals surface area (Å²) in [5.74, 6) is 0.189. The van der Waals surface area contributed by atoms with E-state index in [4.69, 9.17) is 11.6 Å². The SMILES string of the molecule is CC(Cl)c1ccc2c(c1)CCC(=O)N2C. The molecule has 0 fully saturated rings. The summed E-state index contributed by atoms with van der Waals surface area (Å²) >= 11 is 6.03. The molecule has 1 heterocycles. The first-order chi connectivity index (χ1) is 7.09. The van der Waals surface area contributed by atoms with E-state index >= 15 is 0 Å². The lowest BCUT2D eigenvalue weighted by molar-refractivity contribution is -0.118. The van der Waals surface area contributed by atoms with Gasteiger partial charge >= 0.3 is 0 Å². The van der Waals surface area contributed by atoms with E-state index in [0.717, 1.165) is 17.7 Å². The minimum Gasteiger partial charge on any atom is -0.315 e. The van der Waals surface area contributed by atoms with E-state index in [9.17, 15) is 4.79 Å². The summed E-state index contributed by atoms with van der Waals surface area (Å²) in [4.78, 5) is 13.2. The highest BCUT2D eigenvalue weighted by atomic mass is 35.5. The van der Waals surface area contributed by atoms with Crippen LogP contribution < -0.4 is 4.90 Å². The van der Waals surface area contributed by atoms with Gasteiger partial charge in [-0.15, -0.1) is 11.6 Å². The number of fused-ring (bicyclic) bond motifs is 1. The topological polar surface area (TPSA) is 20.3 Å². The zero-order chi connectivity index (χ0) is 11.0. The minimum absolute atomic E-state index is 0.0261. The summed E-state index contributed by atoms with van der Waals surface area (Å²) in [6.07, 6.45) is 1.43. The van der Waals surface area contributed by atoms with Crippen LogP contribution in [0.5, 0.6) is 0 Å². The third-order valence-corrected chi connectivity index (χ3v) is 3.16. The standard InChI is InChI=1S/C12H14ClNO/c1-8(13)9-3-5-11-10(7-9)4-6-12(15)14(11)2/h3,5,7-8H,4,6H2,1-2H3. The van der Waals surface area contributed by atoms with E-state index in [1.165, 1.54) is 5.56 Å². The molecule has 1 aromatic carbocycles. The van der Waals surface area contributed by atoms with Gasteiger partial charge in [0.15, 0.2) is 0 Å². The van der Waals surface area contributed by atoms with Crippen LogP contribution in [-0.2, 0) is 11.2 Å². The van der Waals surface area contributed by atoms with Crippen LogP contribution in [0.2, 0.25) is 0 Å². The number of benzene rings is 1. The zero-order valence-electron chi connectivity index (χ0n) is 8.96. The second-order valence-electron chi connectivity index (χ2n) is 3.96. The van der Waals surface area contributed by atoms with Crippen molar-refractivity contribution < 1.29 is 4.79 Å². The molecule has 15 heavy (non-hydrogen) atoms. The normalized spacial score (nSPS) is 17.5. The first-order valence-electron chi connectivity index (χ1n) is 5.13. The number of alkyl halides is 1. The number of amides is 1. The first-order valence-corrected chi connectivity index (χ1v) is 5.56. The molecule has 0 radical (unpaired) electrons. The monoisotopic (exact) mass is 223 g/mol. The molecular weight excluding hydrogens is 210 g/mol. The maximum absolute atomic E-state index is 11.5. The van der Waals surface area contributed by atoms with Crippen molar-refractivity contribution in [3.63, 3.8) is 0 Å². The molecule has 0 N–H and O–H groups in total. The van der Waals surface area contributed by atoms with Crippen molar-refractivity contribution in [3.05, 3.63) is 29.3 Å². The molecule has 1 amide bonds. The van der Waals surface area contributed by atoms with Gasteiger partial charge in [-0.25, -0.2) is 0 Å². The number of hydrogen-bond donors (Lipinski definition) is 0. The van der Waals surface area contributed by atoms with Crippen molar-refractivity contribution in [2.24, 2.45) is 0 Å². The summed E-state index contributed by atoms with van der Waals surface area (Å²) in [6.45, 7) is 1.96. The highest BCUT2D eigenvalue weighted by Gasteiger charge is 2.21. The lowest BCUT2D eigenvalue weighted by Gasteiger charge is -2.26. The van der Waals surface area contributed by atoms with Crippen LogP contribution in [0.3, 0.4) is 0 Å². The van der Waals surface area contributed by atoms with Crippen molar-refractivity contribution in [1.82, 2.24) is 0 Å². The van der Waals surface area contributed by atoms with Gasteiger partial charge in [0.2, 0.25) is 5.91 Å². The Kier molecular flexibility index (Phi) is 2.70. The van der Waals surface area contributed by atoms with E-state index in [0.29, 0.717) is 6.42 Å². The third-order valence-electron chi connectivity index (χ3n) is 2.91. The van der Waals surface area contributed by atoms with E-state index in [-0.39, 0.29) is 11.3 Å². The second-order valence-corrected chi connectivity index (χ2v) is 4.61. The molecule has 1 aliphatic heterocycles. The van der Waals surface area contributed by atoms with E-state index in [1.54, 1.807) is 4.90 Å². The summed E-state index contributed by atoms with van der Waals surface area (Å²) in [7, 11) is 1.82. The Hall–Kier alpha value is -1.02.